The summed E-state index contributed by atoms with van der Waals surface area (Å²) in [5, 5.41) is 15.6. The van der Waals surface area contributed by atoms with Crippen molar-refractivity contribution in [3.8, 4) is 23.3 Å². The van der Waals surface area contributed by atoms with Crippen LogP contribution in [0, 0.1) is 11.3 Å². The van der Waals surface area contributed by atoms with E-state index in [4.69, 9.17) is 32.7 Å². The lowest BCUT2D eigenvalue weighted by atomic mass is 9.71. The average molecular weight is 1380 g/mol. The van der Waals surface area contributed by atoms with Crippen LogP contribution in [0.1, 0.15) is 175 Å². The van der Waals surface area contributed by atoms with E-state index in [1.165, 1.54) is 80.7 Å². The summed E-state index contributed by atoms with van der Waals surface area (Å²) in [6, 6.07) is 38.9. The number of nitriles is 1. The predicted octanol–water partition coefficient (Wildman–Crippen LogP) is 13.3. The zero-order chi connectivity index (χ0) is 69.9. The Hall–Kier alpha value is -8.21. The van der Waals surface area contributed by atoms with E-state index < -0.39 is 49.7 Å². The number of nitrogens with zero attached hydrogens (tertiary/aromatic N) is 5. The molecule has 6 aliphatic rings. The summed E-state index contributed by atoms with van der Waals surface area (Å²) in [4.78, 5) is 58.7. The number of para-hydroxylation sites is 1. The maximum atomic E-state index is 13.9. The SMILES string of the molecule is COc1ccc(C(OCC2O[C@@H](n3cc(/C=C/C(=O)NCCCCCCNC(=O)CCCCCC4(C)C5=[N+](CCC6Oc7c(cc8c9c7CCCN9CCC8)C=C56)c5ccccc54)c(=O)[nH]c3=O)C[C@H]2OP(OCCC#N)N(C(C)C)C(C)C)(c2ccccc2)c2ccc(OC)cc2)cc1. The Morgan fingerprint density at radius 3 is 2.22 bits per heavy atom. The molecule has 6 aromatic rings. The molecule has 0 aliphatic carbocycles. The molecular weight excluding hydrogens is 1280 g/mol. The van der Waals surface area contributed by atoms with Crippen LogP contribution >= 0.6 is 8.53 Å². The van der Waals surface area contributed by atoms with Crippen molar-refractivity contribution in [3.63, 3.8) is 0 Å². The maximum Gasteiger partial charge on any atom is 0.330 e. The Labute approximate surface area is 589 Å². The number of carbonyl (C=O) groups is 2. The molecule has 20 heteroatoms. The molecule has 0 bridgehead atoms. The summed E-state index contributed by atoms with van der Waals surface area (Å²) in [6.45, 7) is 15.0. The van der Waals surface area contributed by atoms with Crippen LogP contribution in [0.25, 0.3) is 12.2 Å². The fourth-order valence-corrected chi connectivity index (χ4v) is 17.6. The zero-order valence-electron chi connectivity index (χ0n) is 59.1. The molecule has 12 rings (SSSR count). The number of hydrogen-bond acceptors (Lipinski definition) is 14. The Morgan fingerprint density at radius 2 is 1.52 bits per heavy atom. The molecule has 19 nitrogen and oxygen atoms in total. The number of nitrogens with one attached hydrogen (secondary N) is 3. The molecule has 528 valence electrons. The van der Waals surface area contributed by atoms with Gasteiger partial charge in [0.1, 0.15) is 41.3 Å². The van der Waals surface area contributed by atoms with E-state index in [1.54, 1.807) is 14.2 Å². The number of ether oxygens (including phenoxy) is 5. The number of anilines is 1. The smallest absolute Gasteiger partial charge is 0.330 e. The van der Waals surface area contributed by atoms with Gasteiger partial charge in [0.05, 0.1) is 62.6 Å². The van der Waals surface area contributed by atoms with Gasteiger partial charge in [-0.25, -0.2) is 9.46 Å². The maximum absolute atomic E-state index is 13.9. The lowest BCUT2D eigenvalue weighted by Crippen LogP contribution is -2.44. The first-order valence-electron chi connectivity index (χ1n) is 36.2. The fourth-order valence-electron chi connectivity index (χ4n) is 15.9. The van der Waals surface area contributed by atoms with Gasteiger partial charge in [-0.1, -0.05) is 98.5 Å². The molecule has 7 heterocycles. The fraction of sp³-hybridized carbons (Fsp3) is 0.475. The summed E-state index contributed by atoms with van der Waals surface area (Å²) in [7, 11) is 1.45. The molecule has 5 aromatic carbocycles. The van der Waals surface area contributed by atoms with Crippen LogP contribution in [0.5, 0.6) is 17.2 Å². The molecule has 100 heavy (non-hydrogen) atoms. The van der Waals surface area contributed by atoms with Crippen molar-refractivity contribution in [2.45, 2.75) is 185 Å². The lowest BCUT2D eigenvalue weighted by Gasteiger charge is -2.40. The second kappa shape index (κ2) is 32.6. The summed E-state index contributed by atoms with van der Waals surface area (Å²) in [6.07, 6.45) is 17.6. The summed E-state index contributed by atoms with van der Waals surface area (Å²) in [5.74, 6) is 2.16. The molecule has 1 saturated heterocycles. The van der Waals surface area contributed by atoms with Crippen LogP contribution in [0.3, 0.4) is 0 Å². The van der Waals surface area contributed by atoms with E-state index >= 15 is 0 Å². The highest BCUT2D eigenvalue weighted by Gasteiger charge is 2.55. The Morgan fingerprint density at radius 1 is 0.850 bits per heavy atom. The van der Waals surface area contributed by atoms with Crippen molar-refractivity contribution >= 4 is 49.6 Å². The summed E-state index contributed by atoms with van der Waals surface area (Å²) < 4.78 is 52.0. The molecule has 3 N–H and O–H groups in total. The highest BCUT2D eigenvalue weighted by atomic mass is 31.2. The monoisotopic (exact) mass is 1380 g/mol. The normalized spacial score (nSPS) is 20.1. The van der Waals surface area contributed by atoms with Gasteiger partial charge in [0.25, 0.3) is 14.1 Å². The molecule has 6 atom stereocenters. The summed E-state index contributed by atoms with van der Waals surface area (Å²) in [5.41, 5.74) is 10.8. The van der Waals surface area contributed by atoms with Gasteiger partial charge in [-0.05, 0) is 151 Å². The van der Waals surface area contributed by atoms with Gasteiger partial charge in [-0.15, -0.1) is 0 Å². The number of carbonyl (C=O) groups excluding carboxylic acids is 2. The van der Waals surface area contributed by atoms with Crippen molar-refractivity contribution in [3.05, 3.63) is 192 Å². The van der Waals surface area contributed by atoms with Crippen molar-refractivity contribution in [1.82, 2.24) is 24.9 Å². The van der Waals surface area contributed by atoms with Crippen LogP contribution < -0.4 is 41.0 Å². The van der Waals surface area contributed by atoms with Crippen molar-refractivity contribution in [1.29, 1.82) is 5.26 Å². The second-order valence-corrected chi connectivity index (χ2v) is 29.3. The molecule has 1 fully saturated rings. The first kappa shape index (κ1) is 71.6. The highest BCUT2D eigenvalue weighted by molar-refractivity contribution is 7.44. The van der Waals surface area contributed by atoms with Gasteiger partial charge in [0, 0.05) is 98.2 Å². The number of H-pyrrole nitrogens is 1. The molecule has 0 radical (unpaired) electrons. The van der Waals surface area contributed by atoms with E-state index in [9.17, 15) is 24.4 Å². The first-order chi connectivity index (χ1) is 48.6. The highest BCUT2D eigenvalue weighted by Crippen LogP contribution is 2.54. The largest absolute Gasteiger partial charge is 0.497 e. The second-order valence-electron chi connectivity index (χ2n) is 27.9. The van der Waals surface area contributed by atoms with Crippen LogP contribution in [0.15, 0.2) is 137 Å². The van der Waals surface area contributed by atoms with Gasteiger partial charge in [0.2, 0.25) is 17.5 Å². The molecule has 2 amide bonds. The third kappa shape index (κ3) is 15.5. The average Bonchev–Trinajstić information content (AvgIpc) is 1.51. The van der Waals surface area contributed by atoms with Crippen molar-refractivity contribution in [2.75, 3.05) is 65.1 Å². The Balaban J connectivity index is 0.631. The quantitative estimate of drug-likeness (QED) is 0.0118. The number of methoxy groups -OCH3 is 2. The molecule has 0 spiro atoms. The Bertz CT molecular complexity index is 4070. The van der Waals surface area contributed by atoms with Gasteiger partial charge in [0.15, 0.2) is 12.3 Å². The first-order valence-corrected chi connectivity index (χ1v) is 37.3. The van der Waals surface area contributed by atoms with Crippen LogP contribution in [0.2, 0.25) is 0 Å². The third-order valence-electron chi connectivity index (χ3n) is 20.6. The number of fused-ring (bicyclic) bond motifs is 6. The zero-order valence-corrected chi connectivity index (χ0v) is 60.0. The third-order valence-corrected chi connectivity index (χ3v) is 22.8. The molecule has 6 aliphatic heterocycles. The van der Waals surface area contributed by atoms with Crippen LogP contribution in [-0.2, 0) is 52.0 Å². The minimum atomic E-state index is -1.79. The molecular formula is C80H98N8O11P+. The van der Waals surface area contributed by atoms with Crippen molar-refractivity contribution in [2.24, 2.45) is 0 Å². The number of benzene rings is 5. The van der Waals surface area contributed by atoms with Gasteiger partial charge < -0.3 is 48.3 Å². The molecule has 1 aromatic heterocycles. The Kier molecular flexibility index (Phi) is 23.4. The minimum Gasteiger partial charge on any atom is -0.497 e. The lowest BCUT2D eigenvalue weighted by molar-refractivity contribution is -0.444. The number of unbranched alkanes of at least 4 members (excludes halogenated alkanes) is 5. The van der Waals surface area contributed by atoms with Gasteiger partial charge in [-0.2, -0.15) is 9.84 Å². The van der Waals surface area contributed by atoms with E-state index in [0.717, 1.165) is 113 Å². The van der Waals surface area contributed by atoms with E-state index in [2.05, 4.69) is 107 Å². The standard InChI is InChI=1S/C80H97N8O11P/c1-54(2)88(55(3)4)100(96-48-22-42-81)99-69-51-73(97-70(69)53-95-80(59-24-12-10-13-25-59,60-31-35-62(93-6)36-32-60)61-33-37-63(94-7)38-34-61)87-52-57(77(91)84-78(87)92)30-39-72(90)83-44-19-9-8-18-43-82-71(89)29-14-11-17-41-79(5)66-27-15-16-28-67(66)86-47-40-68-65(76(79)86)50-58-49-56-23-20-45-85-46-21-26-64(74(56)85)75(58)98-68/h10,12-13,15-16,24-25,27-28,30-39,49-50,52,54-55,68-70,73H,8-9,11,14,17-23,26,29,40-41,43-48,51,53H2,1-7H3,(H2-,82,83,84,89,90,91,92)/p+1/b39-30+/t68?,69-,70?,73-,79?,100?/m1/s1. The number of rotatable bonds is 32. The minimum absolute atomic E-state index is 0.00641. The van der Waals surface area contributed by atoms with E-state index in [1.807, 2.05) is 78.9 Å². The van der Waals surface area contributed by atoms with E-state index in [0.29, 0.717) is 31.0 Å². The van der Waals surface area contributed by atoms with E-state index in [-0.39, 0.29) is 61.1 Å². The predicted molar refractivity (Wildman–Crippen MR) is 391 cm³/mol. The van der Waals surface area contributed by atoms with Gasteiger partial charge >= 0.3 is 5.69 Å². The van der Waals surface area contributed by atoms with Gasteiger partial charge in [-0.3, -0.25) is 23.9 Å². The van der Waals surface area contributed by atoms with Crippen LogP contribution in [-0.4, -0.2) is 127 Å². The topological polar surface area (TPSA) is 211 Å². The summed E-state index contributed by atoms with van der Waals surface area (Å²) >= 11 is 0. The number of amides is 2. The number of aryl methyl sites for hydroxylation is 1. The number of hydrogen-bond donors (Lipinski definition) is 3. The molecule has 0 saturated carbocycles. The number of aromatic nitrogens is 2. The van der Waals surface area contributed by atoms with Crippen molar-refractivity contribution < 1.29 is 46.9 Å². The van der Waals surface area contributed by atoms with Crippen LogP contribution in [0.4, 0.5) is 11.4 Å². The number of aromatic amines is 1. The molecule has 4 unspecified atom stereocenters.